The number of hydrogen-bond acceptors (Lipinski definition) is 3. The minimum absolute atomic E-state index is 0.497. The Bertz CT molecular complexity index is 552. The molecule has 0 aliphatic carbocycles. The zero-order valence-electron chi connectivity index (χ0n) is 11.3. The van der Waals surface area contributed by atoms with Gasteiger partial charge in [0.15, 0.2) is 0 Å². The lowest BCUT2D eigenvalue weighted by Gasteiger charge is -2.11. The van der Waals surface area contributed by atoms with Crippen LogP contribution in [0.2, 0.25) is 0 Å². The highest BCUT2D eigenvalue weighted by molar-refractivity contribution is 5.50. The first-order chi connectivity index (χ1) is 9.16. The van der Waals surface area contributed by atoms with Crippen LogP contribution in [0.5, 0.6) is 11.5 Å². The minimum atomic E-state index is 0.497. The van der Waals surface area contributed by atoms with Crippen molar-refractivity contribution in [2.75, 3.05) is 18.9 Å². The normalized spacial score (nSPS) is 10.2. The predicted molar refractivity (Wildman–Crippen MR) is 77.8 cm³/mol. The number of anilines is 1. The molecule has 0 spiro atoms. The first-order valence-corrected chi connectivity index (χ1v) is 6.34. The molecule has 3 heteroatoms. The molecule has 0 fully saturated rings. The van der Waals surface area contributed by atoms with E-state index >= 15 is 0 Å². The van der Waals surface area contributed by atoms with Gasteiger partial charge in [-0.2, -0.15) is 0 Å². The first kappa shape index (κ1) is 13.3. The SMILES string of the molecule is Cc1ccc(OCCOc2ccccc2C)cc1N. The maximum atomic E-state index is 5.82. The molecule has 2 aromatic carbocycles. The Balaban J connectivity index is 1.81. The van der Waals surface area contributed by atoms with Crippen molar-refractivity contribution in [1.82, 2.24) is 0 Å². The van der Waals surface area contributed by atoms with Crippen LogP contribution in [0.25, 0.3) is 0 Å². The van der Waals surface area contributed by atoms with Crippen LogP contribution in [0.1, 0.15) is 11.1 Å². The van der Waals surface area contributed by atoms with Gasteiger partial charge in [-0.3, -0.25) is 0 Å². The molecule has 0 aromatic heterocycles. The van der Waals surface area contributed by atoms with E-state index < -0.39 is 0 Å². The zero-order chi connectivity index (χ0) is 13.7. The molecule has 0 saturated heterocycles. The van der Waals surface area contributed by atoms with E-state index in [2.05, 4.69) is 0 Å². The maximum Gasteiger partial charge on any atom is 0.122 e. The van der Waals surface area contributed by atoms with Crippen molar-refractivity contribution in [2.24, 2.45) is 0 Å². The average Bonchev–Trinajstić information content (AvgIpc) is 2.40. The van der Waals surface area contributed by atoms with E-state index in [4.69, 9.17) is 15.2 Å². The molecule has 2 rings (SSSR count). The van der Waals surface area contributed by atoms with E-state index in [1.807, 2.05) is 56.3 Å². The van der Waals surface area contributed by atoms with Crippen LogP contribution in [0.15, 0.2) is 42.5 Å². The molecule has 0 aliphatic rings. The third kappa shape index (κ3) is 3.65. The molecule has 0 atom stereocenters. The van der Waals surface area contributed by atoms with Crippen LogP contribution < -0.4 is 15.2 Å². The summed E-state index contributed by atoms with van der Waals surface area (Å²) in [5.41, 5.74) is 8.76. The largest absolute Gasteiger partial charge is 0.490 e. The molecular weight excluding hydrogens is 238 g/mol. The number of rotatable bonds is 5. The molecule has 0 amide bonds. The van der Waals surface area contributed by atoms with Crippen LogP contribution in [0, 0.1) is 13.8 Å². The number of benzene rings is 2. The average molecular weight is 257 g/mol. The lowest BCUT2D eigenvalue weighted by atomic mass is 10.2. The molecule has 19 heavy (non-hydrogen) atoms. The Morgan fingerprint density at radius 1 is 0.895 bits per heavy atom. The number of para-hydroxylation sites is 1. The second-order valence-corrected chi connectivity index (χ2v) is 4.48. The third-order valence-electron chi connectivity index (χ3n) is 2.95. The Hall–Kier alpha value is -2.16. The van der Waals surface area contributed by atoms with Gasteiger partial charge in [0.1, 0.15) is 24.7 Å². The highest BCUT2D eigenvalue weighted by Crippen LogP contribution is 2.19. The molecule has 2 aromatic rings. The summed E-state index contributed by atoms with van der Waals surface area (Å²) < 4.78 is 11.3. The van der Waals surface area contributed by atoms with Crippen molar-refractivity contribution in [3.05, 3.63) is 53.6 Å². The van der Waals surface area contributed by atoms with Gasteiger partial charge in [0.25, 0.3) is 0 Å². The van der Waals surface area contributed by atoms with Crippen molar-refractivity contribution in [3.63, 3.8) is 0 Å². The fourth-order valence-corrected chi connectivity index (χ4v) is 1.74. The molecule has 3 nitrogen and oxygen atoms in total. The lowest BCUT2D eigenvalue weighted by Crippen LogP contribution is -2.09. The second kappa shape index (κ2) is 6.14. The van der Waals surface area contributed by atoms with Crippen molar-refractivity contribution in [2.45, 2.75) is 13.8 Å². The molecular formula is C16H19NO2. The van der Waals surface area contributed by atoms with Gasteiger partial charge >= 0.3 is 0 Å². The summed E-state index contributed by atoms with van der Waals surface area (Å²) in [5.74, 6) is 1.67. The van der Waals surface area contributed by atoms with Crippen molar-refractivity contribution in [1.29, 1.82) is 0 Å². The second-order valence-electron chi connectivity index (χ2n) is 4.48. The van der Waals surface area contributed by atoms with Crippen LogP contribution in [0.4, 0.5) is 5.69 Å². The smallest absolute Gasteiger partial charge is 0.122 e. The number of aryl methyl sites for hydroxylation is 2. The molecule has 0 heterocycles. The van der Waals surface area contributed by atoms with Crippen LogP contribution in [-0.2, 0) is 0 Å². The van der Waals surface area contributed by atoms with E-state index in [0.29, 0.717) is 13.2 Å². The van der Waals surface area contributed by atoms with Gasteiger partial charge in [0.05, 0.1) is 0 Å². The summed E-state index contributed by atoms with van der Waals surface area (Å²) >= 11 is 0. The molecule has 0 radical (unpaired) electrons. The van der Waals surface area contributed by atoms with E-state index in [9.17, 15) is 0 Å². The summed E-state index contributed by atoms with van der Waals surface area (Å²) in [7, 11) is 0. The van der Waals surface area contributed by atoms with Gasteiger partial charge in [-0.25, -0.2) is 0 Å². The first-order valence-electron chi connectivity index (χ1n) is 6.34. The quantitative estimate of drug-likeness (QED) is 0.660. The molecule has 2 N–H and O–H groups in total. The monoisotopic (exact) mass is 257 g/mol. The summed E-state index contributed by atoms with van der Waals surface area (Å²) in [6.07, 6.45) is 0. The van der Waals surface area contributed by atoms with E-state index in [1.165, 1.54) is 0 Å². The fourth-order valence-electron chi connectivity index (χ4n) is 1.74. The number of nitrogens with two attached hydrogens (primary N) is 1. The van der Waals surface area contributed by atoms with Gasteiger partial charge < -0.3 is 15.2 Å². The van der Waals surface area contributed by atoms with Crippen LogP contribution in [-0.4, -0.2) is 13.2 Å². The Morgan fingerprint density at radius 2 is 1.63 bits per heavy atom. The molecule has 0 aliphatic heterocycles. The van der Waals surface area contributed by atoms with Gasteiger partial charge in [-0.1, -0.05) is 24.3 Å². The van der Waals surface area contributed by atoms with Crippen LogP contribution in [0.3, 0.4) is 0 Å². The predicted octanol–water partition coefficient (Wildman–Crippen LogP) is 3.34. The van der Waals surface area contributed by atoms with Gasteiger partial charge in [-0.05, 0) is 37.1 Å². The lowest BCUT2D eigenvalue weighted by molar-refractivity contribution is 0.216. The number of hydrogen-bond donors (Lipinski definition) is 1. The maximum absolute atomic E-state index is 5.82. The molecule has 100 valence electrons. The van der Waals surface area contributed by atoms with E-state index in [-0.39, 0.29) is 0 Å². The molecule has 0 unspecified atom stereocenters. The standard InChI is InChI=1S/C16H19NO2/c1-12-7-8-14(11-15(12)17)18-9-10-19-16-6-4-3-5-13(16)2/h3-8,11H,9-10,17H2,1-2H3. The zero-order valence-corrected chi connectivity index (χ0v) is 11.3. The van der Waals surface area contributed by atoms with Crippen LogP contribution >= 0.6 is 0 Å². The topological polar surface area (TPSA) is 44.5 Å². The summed E-state index contributed by atoms with van der Waals surface area (Å²) in [4.78, 5) is 0. The van der Waals surface area contributed by atoms with Crippen molar-refractivity contribution >= 4 is 5.69 Å². The van der Waals surface area contributed by atoms with E-state index in [0.717, 1.165) is 28.3 Å². The summed E-state index contributed by atoms with van der Waals surface area (Å²) in [6, 6.07) is 13.6. The van der Waals surface area contributed by atoms with Gasteiger partial charge in [0, 0.05) is 11.8 Å². The fraction of sp³-hybridized carbons (Fsp3) is 0.250. The summed E-state index contributed by atoms with van der Waals surface area (Å²) in [6.45, 7) is 5.01. The van der Waals surface area contributed by atoms with Crippen molar-refractivity contribution < 1.29 is 9.47 Å². The number of ether oxygens (including phenoxy) is 2. The van der Waals surface area contributed by atoms with E-state index in [1.54, 1.807) is 0 Å². The Labute approximate surface area is 114 Å². The Morgan fingerprint density at radius 3 is 2.37 bits per heavy atom. The summed E-state index contributed by atoms with van der Waals surface area (Å²) in [5, 5.41) is 0. The van der Waals surface area contributed by atoms with Crippen molar-refractivity contribution in [3.8, 4) is 11.5 Å². The Kier molecular flexibility index (Phi) is 4.29. The van der Waals surface area contributed by atoms with Gasteiger partial charge in [-0.15, -0.1) is 0 Å². The molecule has 0 saturated carbocycles. The van der Waals surface area contributed by atoms with Gasteiger partial charge in [0.2, 0.25) is 0 Å². The number of nitrogen functional groups attached to an aromatic ring is 1. The highest BCUT2D eigenvalue weighted by atomic mass is 16.5. The third-order valence-corrected chi connectivity index (χ3v) is 2.95. The molecule has 0 bridgehead atoms. The minimum Gasteiger partial charge on any atom is -0.490 e. The highest BCUT2D eigenvalue weighted by Gasteiger charge is 2.00.